The van der Waals surface area contributed by atoms with Gasteiger partial charge in [-0.05, 0) is 39.5 Å². The van der Waals surface area contributed by atoms with Crippen LogP contribution in [0.1, 0.15) is 66.7 Å². The Morgan fingerprint density at radius 2 is 1.47 bits per heavy atom. The van der Waals surface area contributed by atoms with Crippen molar-refractivity contribution in [2.24, 2.45) is 10.8 Å². The Labute approximate surface area is 115 Å². The minimum absolute atomic E-state index is 0.183. The molecule has 0 aromatic rings. The molecule has 0 unspecified atom stereocenters. The number of hydrogen-bond donors (Lipinski definition) is 1. The van der Waals surface area contributed by atoms with Crippen LogP contribution in [0.15, 0.2) is 0 Å². The van der Waals surface area contributed by atoms with Crippen LogP contribution in [0.5, 0.6) is 0 Å². The summed E-state index contributed by atoms with van der Waals surface area (Å²) in [7, 11) is 0. The van der Waals surface area contributed by atoms with Gasteiger partial charge in [-0.2, -0.15) is 0 Å². The minimum atomic E-state index is -1.49. The van der Waals surface area contributed by atoms with E-state index in [1.807, 2.05) is 0 Å². The molecular weight excluding hydrogens is 244 g/mol. The zero-order valence-electron chi connectivity index (χ0n) is 12.7. The van der Waals surface area contributed by atoms with Gasteiger partial charge in [0.05, 0.1) is 0 Å². The molecule has 0 aromatic carbocycles. The Balaban J connectivity index is 2.97. The average molecular weight is 270 g/mol. The van der Waals surface area contributed by atoms with Gasteiger partial charge in [-0.25, -0.2) is 0 Å². The van der Waals surface area contributed by atoms with Gasteiger partial charge in [0.1, 0.15) is 5.60 Å². The summed E-state index contributed by atoms with van der Waals surface area (Å²) in [5.74, 6) is -1.77. The molecule has 4 heteroatoms. The molecule has 1 aliphatic carbocycles. The summed E-state index contributed by atoms with van der Waals surface area (Å²) in [6.07, 6.45) is 4.84. The summed E-state index contributed by atoms with van der Waals surface area (Å²) >= 11 is 0. The highest BCUT2D eigenvalue weighted by molar-refractivity contribution is 5.98. The van der Waals surface area contributed by atoms with E-state index in [0.717, 1.165) is 32.1 Å². The summed E-state index contributed by atoms with van der Waals surface area (Å²) in [5.41, 5.74) is -2.21. The molecular formula is C15H26O4. The predicted octanol–water partition coefficient (Wildman–Crippen LogP) is 3.39. The average Bonchev–Trinajstić information content (AvgIpc) is 2.28. The maximum absolute atomic E-state index is 12.2. The predicted molar refractivity (Wildman–Crippen MR) is 72.8 cm³/mol. The van der Waals surface area contributed by atoms with Gasteiger partial charge in [0, 0.05) is 5.41 Å². The zero-order chi connectivity index (χ0) is 14.9. The highest BCUT2D eigenvalue weighted by Crippen LogP contribution is 2.45. The molecule has 1 fully saturated rings. The lowest BCUT2D eigenvalue weighted by Crippen LogP contribution is -2.51. The van der Waals surface area contributed by atoms with Crippen LogP contribution in [0.4, 0.5) is 0 Å². The normalized spacial score (nSPS) is 19.8. The van der Waals surface area contributed by atoms with Gasteiger partial charge in [0.15, 0.2) is 5.41 Å². The lowest BCUT2D eigenvalue weighted by molar-refractivity contribution is -0.193. The maximum atomic E-state index is 12.2. The van der Waals surface area contributed by atoms with Crippen LogP contribution in [-0.4, -0.2) is 22.6 Å². The van der Waals surface area contributed by atoms with Crippen LogP contribution in [0.2, 0.25) is 0 Å². The van der Waals surface area contributed by atoms with Crippen molar-refractivity contribution >= 4 is 11.9 Å². The Hall–Kier alpha value is -1.06. The number of carboxylic acid groups (broad SMARTS) is 1. The minimum Gasteiger partial charge on any atom is -0.480 e. The first-order valence-electron chi connectivity index (χ1n) is 7.00. The van der Waals surface area contributed by atoms with E-state index in [4.69, 9.17) is 9.84 Å². The Bertz CT molecular complexity index is 357. The number of carboxylic acids is 1. The quantitative estimate of drug-likeness (QED) is 0.630. The molecule has 1 rings (SSSR count). The number of carbonyl (C=O) groups is 2. The summed E-state index contributed by atoms with van der Waals surface area (Å²) in [6.45, 7) is 8.96. The highest BCUT2D eigenvalue weighted by atomic mass is 16.6. The SMILES string of the molecule is CC(C)(C(=O)O)C(=O)OC1(C(C)(C)C)CCCCC1. The van der Waals surface area contributed by atoms with E-state index in [0.29, 0.717) is 0 Å². The molecule has 0 spiro atoms. The van der Waals surface area contributed by atoms with Crippen LogP contribution in [0.25, 0.3) is 0 Å². The van der Waals surface area contributed by atoms with Crippen molar-refractivity contribution in [3.05, 3.63) is 0 Å². The number of rotatable bonds is 3. The van der Waals surface area contributed by atoms with E-state index in [1.54, 1.807) is 0 Å². The van der Waals surface area contributed by atoms with E-state index >= 15 is 0 Å². The van der Waals surface area contributed by atoms with Gasteiger partial charge >= 0.3 is 11.9 Å². The molecule has 110 valence electrons. The summed E-state index contributed by atoms with van der Waals surface area (Å²) in [6, 6.07) is 0. The Kier molecular flexibility index (Phi) is 4.33. The number of aliphatic carboxylic acids is 1. The molecule has 0 saturated heterocycles. The third-order valence-electron chi connectivity index (χ3n) is 4.36. The lowest BCUT2D eigenvalue weighted by atomic mass is 9.68. The van der Waals surface area contributed by atoms with E-state index in [1.165, 1.54) is 13.8 Å². The number of carbonyl (C=O) groups excluding carboxylic acids is 1. The van der Waals surface area contributed by atoms with Crippen molar-refractivity contribution < 1.29 is 19.4 Å². The fraction of sp³-hybridized carbons (Fsp3) is 0.867. The summed E-state index contributed by atoms with van der Waals surface area (Å²) in [4.78, 5) is 23.4. The molecule has 19 heavy (non-hydrogen) atoms. The molecule has 4 nitrogen and oxygen atoms in total. The fourth-order valence-corrected chi connectivity index (χ4v) is 2.52. The maximum Gasteiger partial charge on any atom is 0.323 e. The molecule has 1 N–H and O–H groups in total. The van der Waals surface area contributed by atoms with Gasteiger partial charge in [-0.15, -0.1) is 0 Å². The van der Waals surface area contributed by atoms with Crippen LogP contribution in [-0.2, 0) is 14.3 Å². The topological polar surface area (TPSA) is 63.6 Å². The van der Waals surface area contributed by atoms with Gasteiger partial charge in [0.2, 0.25) is 0 Å². The molecule has 0 bridgehead atoms. The van der Waals surface area contributed by atoms with Crippen molar-refractivity contribution in [2.45, 2.75) is 72.3 Å². The summed E-state index contributed by atoms with van der Waals surface area (Å²) in [5, 5.41) is 9.13. The van der Waals surface area contributed by atoms with E-state index in [9.17, 15) is 9.59 Å². The van der Waals surface area contributed by atoms with Crippen LogP contribution in [0.3, 0.4) is 0 Å². The second-order valence-corrected chi connectivity index (χ2v) is 7.12. The number of hydrogen-bond acceptors (Lipinski definition) is 3. The van der Waals surface area contributed by atoms with Gasteiger partial charge < -0.3 is 9.84 Å². The fourth-order valence-electron chi connectivity index (χ4n) is 2.52. The van der Waals surface area contributed by atoms with E-state index in [2.05, 4.69) is 20.8 Å². The highest BCUT2D eigenvalue weighted by Gasteiger charge is 2.49. The van der Waals surface area contributed by atoms with Crippen molar-refractivity contribution in [3.8, 4) is 0 Å². The van der Waals surface area contributed by atoms with Crippen molar-refractivity contribution in [2.75, 3.05) is 0 Å². The smallest absolute Gasteiger partial charge is 0.323 e. The number of ether oxygens (including phenoxy) is 1. The molecule has 0 heterocycles. The molecule has 0 amide bonds. The first kappa shape index (κ1) is 16.0. The largest absolute Gasteiger partial charge is 0.480 e. The molecule has 0 atom stereocenters. The molecule has 0 aliphatic heterocycles. The second kappa shape index (κ2) is 5.14. The van der Waals surface area contributed by atoms with Gasteiger partial charge in [0.25, 0.3) is 0 Å². The van der Waals surface area contributed by atoms with Gasteiger partial charge in [-0.3, -0.25) is 9.59 Å². The third kappa shape index (κ3) is 3.10. The third-order valence-corrected chi connectivity index (χ3v) is 4.36. The Morgan fingerprint density at radius 3 is 1.84 bits per heavy atom. The van der Waals surface area contributed by atoms with Crippen LogP contribution >= 0.6 is 0 Å². The monoisotopic (exact) mass is 270 g/mol. The molecule has 1 aliphatic rings. The van der Waals surface area contributed by atoms with Crippen molar-refractivity contribution in [1.82, 2.24) is 0 Å². The number of esters is 1. The Morgan fingerprint density at radius 1 is 1.00 bits per heavy atom. The second-order valence-electron chi connectivity index (χ2n) is 7.12. The first-order chi connectivity index (χ1) is 8.53. The van der Waals surface area contributed by atoms with Gasteiger partial charge in [-0.1, -0.05) is 27.2 Å². The standard InChI is InChI=1S/C15H26O4/c1-13(2,3)15(9-7-6-8-10-15)19-12(18)14(4,5)11(16)17/h6-10H2,1-5H3,(H,16,17). The van der Waals surface area contributed by atoms with E-state index in [-0.39, 0.29) is 5.41 Å². The lowest BCUT2D eigenvalue weighted by Gasteiger charge is -2.47. The molecule has 0 aromatic heterocycles. The van der Waals surface area contributed by atoms with Crippen LogP contribution < -0.4 is 0 Å². The first-order valence-corrected chi connectivity index (χ1v) is 7.00. The summed E-state index contributed by atoms with van der Waals surface area (Å²) < 4.78 is 5.75. The molecule has 1 saturated carbocycles. The van der Waals surface area contributed by atoms with Crippen molar-refractivity contribution in [3.63, 3.8) is 0 Å². The van der Waals surface area contributed by atoms with Crippen molar-refractivity contribution in [1.29, 1.82) is 0 Å². The van der Waals surface area contributed by atoms with E-state index < -0.39 is 23.0 Å². The zero-order valence-corrected chi connectivity index (χ0v) is 12.7. The molecule has 0 radical (unpaired) electrons. The van der Waals surface area contributed by atoms with Crippen LogP contribution in [0, 0.1) is 10.8 Å².